The van der Waals surface area contributed by atoms with E-state index in [-0.39, 0.29) is 18.0 Å². The Kier molecular flexibility index (Phi) is 10.8. The number of rotatable bonds is 12. The van der Waals surface area contributed by atoms with Crippen LogP contribution in [-0.2, 0) is 14.3 Å². The van der Waals surface area contributed by atoms with Crippen LogP contribution in [0.15, 0.2) is 0 Å². The maximum atomic E-state index is 11.5. The van der Waals surface area contributed by atoms with Gasteiger partial charge in [-0.2, -0.15) is 0 Å². The van der Waals surface area contributed by atoms with E-state index < -0.39 is 0 Å². The number of nitrogens with one attached hydrogen (secondary N) is 1. The van der Waals surface area contributed by atoms with Crippen molar-refractivity contribution in [1.29, 1.82) is 0 Å². The highest BCUT2D eigenvalue weighted by atomic mass is 16.5. The zero-order valence-corrected chi connectivity index (χ0v) is 12.6. The quantitative estimate of drug-likeness (QED) is 0.483. The van der Waals surface area contributed by atoms with Crippen molar-refractivity contribution in [2.75, 3.05) is 47.1 Å². The third-order valence-corrected chi connectivity index (χ3v) is 2.75. The molecule has 0 saturated carbocycles. The zero-order chi connectivity index (χ0) is 14.7. The van der Waals surface area contributed by atoms with Crippen LogP contribution in [0.3, 0.4) is 0 Å². The maximum absolute atomic E-state index is 11.5. The second-order valence-electron chi connectivity index (χ2n) is 4.92. The Morgan fingerprint density at radius 1 is 1.21 bits per heavy atom. The molecule has 0 aromatic carbocycles. The minimum atomic E-state index is -0.334. The van der Waals surface area contributed by atoms with Gasteiger partial charge in [0.15, 0.2) is 0 Å². The molecule has 0 aromatic heterocycles. The summed E-state index contributed by atoms with van der Waals surface area (Å²) in [5.41, 5.74) is 5.43. The van der Waals surface area contributed by atoms with Gasteiger partial charge in [-0.3, -0.25) is 9.69 Å². The molecule has 6 heteroatoms. The molecule has 1 amide bonds. The van der Waals surface area contributed by atoms with E-state index in [4.69, 9.17) is 15.2 Å². The highest BCUT2D eigenvalue weighted by Gasteiger charge is 2.19. The lowest BCUT2D eigenvalue weighted by atomic mass is 10.2. The van der Waals surface area contributed by atoms with Crippen LogP contribution >= 0.6 is 0 Å². The number of hydrogen-bond acceptors (Lipinski definition) is 5. The first kappa shape index (κ1) is 18.3. The molecule has 0 rings (SSSR count). The van der Waals surface area contributed by atoms with Crippen molar-refractivity contribution < 1.29 is 14.3 Å². The normalized spacial score (nSPS) is 13.2. The summed E-state index contributed by atoms with van der Waals surface area (Å²) in [5.74, 6) is -0.317. The van der Waals surface area contributed by atoms with E-state index >= 15 is 0 Å². The molecule has 19 heavy (non-hydrogen) atoms. The minimum absolute atomic E-state index is 0.223. The Hall–Kier alpha value is -0.690. The Morgan fingerprint density at radius 3 is 2.32 bits per heavy atom. The average molecular weight is 275 g/mol. The van der Waals surface area contributed by atoms with Crippen LogP contribution in [0.2, 0.25) is 0 Å². The first-order valence-corrected chi connectivity index (χ1v) is 6.76. The monoisotopic (exact) mass is 275 g/mol. The van der Waals surface area contributed by atoms with Gasteiger partial charge < -0.3 is 20.5 Å². The maximum Gasteiger partial charge on any atom is 0.235 e. The predicted molar refractivity (Wildman–Crippen MR) is 76.1 cm³/mol. The fourth-order valence-corrected chi connectivity index (χ4v) is 1.83. The summed E-state index contributed by atoms with van der Waals surface area (Å²) in [6.45, 7) is 7.59. The van der Waals surface area contributed by atoms with E-state index in [0.717, 1.165) is 19.5 Å². The van der Waals surface area contributed by atoms with Crippen molar-refractivity contribution in [3.05, 3.63) is 0 Å². The molecule has 0 fully saturated rings. The number of ether oxygens (including phenoxy) is 2. The number of carbonyl (C=O) groups excluding carboxylic acids is 1. The molecule has 6 nitrogen and oxygen atoms in total. The van der Waals surface area contributed by atoms with Crippen LogP contribution in [-0.4, -0.2) is 70.0 Å². The number of carbonyl (C=O) groups is 1. The van der Waals surface area contributed by atoms with Gasteiger partial charge in [-0.05, 0) is 6.42 Å². The summed E-state index contributed by atoms with van der Waals surface area (Å²) in [6, 6.07) is -0.111. The van der Waals surface area contributed by atoms with Crippen molar-refractivity contribution in [2.45, 2.75) is 32.4 Å². The SMILES string of the molecule is COCCCN(CCOC)CC(NC(C)C)C(N)=O. The van der Waals surface area contributed by atoms with Gasteiger partial charge in [0, 0.05) is 46.5 Å². The van der Waals surface area contributed by atoms with E-state index in [1.54, 1.807) is 14.2 Å². The first-order valence-electron chi connectivity index (χ1n) is 6.76. The van der Waals surface area contributed by atoms with Crippen molar-refractivity contribution in [1.82, 2.24) is 10.2 Å². The summed E-state index contributed by atoms with van der Waals surface area (Å²) in [4.78, 5) is 13.6. The van der Waals surface area contributed by atoms with Gasteiger partial charge in [-0.1, -0.05) is 13.8 Å². The van der Waals surface area contributed by atoms with Gasteiger partial charge in [0.2, 0.25) is 5.91 Å². The third kappa shape index (κ3) is 9.84. The van der Waals surface area contributed by atoms with Gasteiger partial charge >= 0.3 is 0 Å². The van der Waals surface area contributed by atoms with Crippen LogP contribution in [0, 0.1) is 0 Å². The standard InChI is InChI=1S/C13H29N3O3/c1-11(2)15-12(13(14)17)10-16(7-9-19-4)6-5-8-18-3/h11-12,15H,5-10H2,1-4H3,(H2,14,17). The topological polar surface area (TPSA) is 76.8 Å². The molecule has 0 saturated heterocycles. The molecule has 0 aliphatic carbocycles. The van der Waals surface area contributed by atoms with E-state index in [1.807, 2.05) is 13.8 Å². The highest BCUT2D eigenvalue weighted by Crippen LogP contribution is 1.98. The molecule has 1 atom stereocenters. The molecule has 0 bridgehead atoms. The lowest BCUT2D eigenvalue weighted by molar-refractivity contribution is -0.120. The second-order valence-corrected chi connectivity index (χ2v) is 4.92. The Bertz CT molecular complexity index is 237. The summed E-state index contributed by atoms with van der Waals surface area (Å²) in [6.07, 6.45) is 0.924. The molecule has 114 valence electrons. The van der Waals surface area contributed by atoms with Crippen molar-refractivity contribution >= 4 is 5.91 Å². The van der Waals surface area contributed by atoms with Gasteiger partial charge in [0.25, 0.3) is 0 Å². The zero-order valence-electron chi connectivity index (χ0n) is 12.6. The molecule has 0 aliphatic heterocycles. The Labute approximate surface area is 116 Å². The molecule has 3 N–H and O–H groups in total. The average Bonchev–Trinajstić information content (AvgIpc) is 2.34. The third-order valence-electron chi connectivity index (χ3n) is 2.75. The van der Waals surface area contributed by atoms with Gasteiger partial charge in [-0.25, -0.2) is 0 Å². The summed E-state index contributed by atoms with van der Waals surface area (Å²) in [5, 5.41) is 3.19. The van der Waals surface area contributed by atoms with Crippen LogP contribution in [0.25, 0.3) is 0 Å². The van der Waals surface area contributed by atoms with Gasteiger partial charge in [0.05, 0.1) is 12.6 Å². The van der Waals surface area contributed by atoms with E-state index in [9.17, 15) is 4.79 Å². The number of amides is 1. The van der Waals surface area contributed by atoms with Gasteiger partial charge in [0.1, 0.15) is 0 Å². The van der Waals surface area contributed by atoms with E-state index in [1.165, 1.54) is 0 Å². The van der Waals surface area contributed by atoms with Crippen molar-refractivity contribution in [2.24, 2.45) is 5.73 Å². The fraction of sp³-hybridized carbons (Fsp3) is 0.923. The largest absolute Gasteiger partial charge is 0.385 e. The minimum Gasteiger partial charge on any atom is -0.385 e. The molecule has 1 unspecified atom stereocenters. The van der Waals surface area contributed by atoms with E-state index in [2.05, 4.69) is 10.2 Å². The molecule has 0 aliphatic rings. The van der Waals surface area contributed by atoms with Gasteiger partial charge in [-0.15, -0.1) is 0 Å². The summed E-state index contributed by atoms with van der Waals surface area (Å²) in [7, 11) is 3.36. The lowest BCUT2D eigenvalue weighted by Gasteiger charge is -2.27. The molecule has 0 aromatic rings. The van der Waals surface area contributed by atoms with Crippen LogP contribution in [0.1, 0.15) is 20.3 Å². The Balaban J connectivity index is 4.32. The number of primary amides is 1. The van der Waals surface area contributed by atoms with Crippen molar-refractivity contribution in [3.8, 4) is 0 Å². The molecule has 0 spiro atoms. The molecule has 0 radical (unpaired) electrons. The van der Waals surface area contributed by atoms with Crippen LogP contribution in [0.4, 0.5) is 0 Å². The smallest absolute Gasteiger partial charge is 0.235 e. The lowest BCUT2D eigenvalue weighted by Crippen LogP contribution is -2.52. The van der Waals surface area contributed by atoms with Crippen LogP contribution < -0.4 is 11.1 Å². The fourth-order valence-electron chi connectivity index (χ4n) is 1.83. The molecular weight excluding hydrogens is 246 g/mol. The Morgan fingerprint density at radius 2 is 1.84 bits per heavy atom. The molecule has 0 heterocycles. The van der Waals surface area contributed by atoms with Crippen LogP contribution in [0.5, 0.6) is 0 Å². The predicted octanol–water partition coefficient (Wildman–Crippen LogP) is -0.177. The first-order chi connectivity index (χ1) is 9.01. The van der Waals surface area contributed by atoms with Crippen molar-refractivity contribution in [3.63, 3.8) is 0 Å². The highest BCUT2D eigenvalue weighted by molar-refractivity contribution is 5.80. The number of methoxy groups -OCH3 is 2. The number of nitrogens with two attached hydrogens (primary N) is 1. The summed E-state index contributed by atoms with van der Waals surface area (Å²) >= 11 is 0. The van der Waals surface area contributed by atoms with E-state index in [0.29, 0.717) is 19.8 Å². The molecular formula is C13H29N3O3. The number of hydrogen-bond donors (Lipinski definition) is 2. The second kappa shape index (κ2) is 11.2. The summed E-state index contributed by atoms with van der Waals surface area (Å²) < 4.78 is 10.1. The number of nitrogens with zero attached hydrogens (tertiary/aromatic N) is 1.